The van der Waals surface area contributed by atoms with E-state index in [0.717, 1.165) is 0 Å². The highest BCUT2D eigenvalue weighted by Crippen LogP contribution is 2.21. The van der Waals surface area contributed by atoms with E-state index in [-0.39, 0.29) is 24.9 Å². The van der Waals surface area contributed by atoms with Gasteiger partial charge in [-0.1, -0.05) is 12.1 Å². The molecular formula is C12H17N5O4S. The summed E-state index contributed by atoms with van der Waals surface area (Å²) in [5.41, 5.74) is 0.466. The molecule has 0 spiro atoms. The standard InChI is InChI=1S/C12H17N5O4S/c1-2-10(18)17-7-22-6-9(17)12(21)13-3-8-4-16(15-14-8)5-11(19)20/h4,9H,2-3,5-7H2,1H3,(H,13,21)(H,19,20). The summed E-state index contributed by atoms with van der Waals surface area (Å²) < 4.78 is 1.18. The topological polar surface area (TPSA) is 117 Å². The summed E-state index contributed by atoms with van der Waals surface area (Å²) >= 11 is 1.54. The molecule has 1 aromatic rings. The lowest BCUT2D eigenvalue weighted by Gasteiger charge is -2.22. The quantitative estimate of drug-likeness (QED) is 0.708. The van der Waals surface area contributed by atoms with Crippen LogP contribution in [0.3, 0.4) is 0 Å². The molecule has 120 valence electrons. The van der Waals surface area contributed by atoms with E-state index in [1.165, 1.54) is 10.9 Å². The third-order valence-corrected chi connectivity index (χ3v) is 4.15. The van der Waals surface area contributed by atoms with Crippen LogP contribution in [0.1, 0.15) is 19.0 Å². The molecule has 1 atom stereocenters. The van der Waals surface area contributed by atoms with E-state index in [9.17, 15) is 14.4 Å². The van der Waals surface area contributed by atoms with Crippen molar-refractivity contribution in [3.63, 3.8) is 0 Å². The number of thioether (sulfide) groups is 1. The summed E-state index contributed by atoms with van der Waals surface area (Å²) in [7, 11) is 0. The molecule has 1 unspecified atom stereocenters. The highest BCUT2D eigenvalue weighted by molar-refractivity contribution is 7.99. The van der Waals surface area contributed by atoms with Crippen LogP contribution < -0.4 is 5.32 Å². The van der Waals surface area contributed by atoms with E-state index in [1.54, 1.807) is 23.6 Å². The van der Waals surface area contributed by atoms with Gasteiger partial charge in [-0.05, 0) is 0 Å². The molecule has 1 saturated heterocycles. The second-order valence-electron chi connectivity index (χ2n) is 4.75. The lowest BCUT2D eigenvalue weighted by Crippen LogP contribution is -2.46. The number of amides is 2. The zero-order chi connectivity index (χ0) is 16.1. The van der Waals surface area contributed by atoms with E-state index < -0.39 is 12.0 Å². The average Bonchev–Trinajstić information content (AvgIpc) is 3.12. The van der Waals surface area contributed by atoms with Crippen molar-refractivity contribution in [2.45, 2.75) is 32.5 Å². The summed E-state index contributed by atoms with van der Waals surface area (Å²) in [5.74, 6) is -0.197. The van der Waals surface area contributed by atoms with Gasteiger partial charge in [0.25, 0.3) is 0 Å². The third kappa shape index (κ3) is 3.97. The number of carbonyl (C=O) groups is 3. The molecule has 0 radical (unpaired) electrons. The van der Waals surface area contributed by atoms with Crippen molar-refractivity contribution in [1.29, 1.82) is 0 Å². The number of nitrogens with one attached hydrogen (secondary N) is 1. The van der Waals surface area contributed by atoms with E-state index in [2.05, 4.69) is 15.6 Å². The van der Waals surface area contributed by atoms with Crippen LogP contribution in [0.25, 0.3) is 0 Å². The van der Waals surface area contributed by atoms with Crippen molar-refractivity contribution < 1.29 is 19.5 Å². The fourth-order valence-electron chi connectivity index (χ4n) is 2.04. The highest BCUT2D eigenvalue weighted by Gasteiger charge is 2.33. The molecule has 2 amide bonds. The molecule has 1 fully saturated rings. The number of nitrogens with zero attached hydrogens (tertiary/aromatic N) is 4. The number of hydrogen-bond acceptors (Lipinski definition) is 6. The van der Waals surface area contributed by atoms with Gasteiger partial charge in [0.15, 0.2) is 0 Å². The van der Waals surface area contributed by atoms with Crippen molar-refractivity contribution in [1.82, 2.24) is 25.2 Å². The summed E-state index contributed by atoms with van der Waals surface area (Å²) in [5, 5.41) is 18.8. The second-order valence-corrected chi connectivity index (χ2v) is 5.75. The number of aliphatic carboxylic acids is 1. The molecule has 2 N–H and O–H groups in total. The van der Waals surface area contributed by atoms with Gasteiger partial charge in [0.2, 0.25) is 11.8 Å². The summed E-state index contributed by atoms with van der Waals surface area (Å²) in [6.45, 7) is 1.63. The van der Waals surface area contributed by atoms with Crippen molar-refractivity contribution in [3.8, 4) is 0 Å². The number of rotatable bonds is 6. The molecule has 0 aromatic carbocycles. The maximum Gasteiger partial charge on any atom is 0.325 e. The number of carboxylic acid groups (broad SMARTS) is 1. The number of carbonyl (C=O) groups excluding carboxylic acids is 2. The van der Waals surface area contributed by atoms with Gasteiger partial charge in [0, 0.05) is 12.2 Å². The average molecular weight is 327 g/mol. The maximum absolute atomic E-state index is 12.2. The van der Waals surface area contributed by atoms with E-state index in [1.807, 2.05) is 0 Å². The largest absolute Gasteiger partial charge is 0.480 e. The first kappa shape index (κ1) is 16.3. The predicted molar refractivity (Wildman–Crippen MR) is 77.8 cm³/mol. The Morgan fingerprint density at radius 1 is 1.50 bits per heavy atom. The van der Waals surface area contributed by atoms with Crippen LogP contribution in [-0.2, 0) is 27.5 Å². The minimum absolute atomic E-state index is 0.0439. The van der Waals surface area contributed by atoms with Crippen LogP contribution in [0.2, 0.25) is 0 Å². The highest BCUT2D eigenvalue weighted by atomic mass is 32.2. The van der Waals surface area contributed by atoms with Crippen molar-refractivity contribution in [2.24, 2.45) is 0 Å². The van der Waals surface area contributed by atoms with E-state index >= 15 is 0 Å². The predicted octanol–water partition coefficient (Wildman–Crippen LogP) is -0.710. The van der Waals surface area contributed by atoms with Gasteiger partial charge in [-0.2, -0.15) is 0 Å². The summed E-state index contributed by atoms with van der Waals surface area (Å²) in [4.78, 5) is 36.0. The Bertz CT molecular complexity index is 576. The normalized spacial score (nSPS) is 17.5. The van der Waals surface area contributed by atoms with E-state index in [0.29, 0.717) is 23.7 Å². The molecule has 0 aliphatic carbocycles. The fourth-order valence-corrected chi connectivity index (χ4v) is 3.22. The Hall–Kier alpha value is -2.10. The van der Waals surface area contributed by atoms with Gasteiger partial charge in [-0.15, -0.1) is 16.9 Å². The zero-order valence-corrected chi connectivity index (χ0v) is 12.9. The summed E-state index contributed by atoms with van der Waals surface area (Å²) in [6, 6.07) is -0.466. The molecule has 1 aromatic heterocycles. The lowest BCUT2D eigenvalue weighted by molar-refractivity contribution is -0.138. The van der Waals surface area contributed by atoms with Crippen molar-refractivity contribution >= 4 is 29.5 Å². The van der Waals surface area contributed by atoms with Crippen LogP contribution in [0, 0.1) is 0 Å². The Morgan fingerprint density at radius 2 is 2.27 bits per heavy atom. The second kappa shape index (κ2) is 7.25. The first-order valence-corrected chi connectivity index (χ1v) is 7.92. The minimum Gasteiger partial charge on any atom is -0.480 e. The van der Waals surface area contributed by atoms with Gasteiger partial charge < -0.3 is 15.3 Å². The minimum atomic E-state index is -1.02. The first-order chi connectivity index (χ1) is 10.5. The monoisotopic (exact) mass is 327 g/mol. The SMILES string of the molecule is CCC(=O)N1CSCC1C(=O)NCc1cn(CC(=O)O)nn1. The molecule has 10 heteroatoms. The molecule has 22 heavy (non-hydrogen) atoms. The number of aromatic nitrogens is 3. The Balaban J connectivity index is 1.88. The van der Waals surface area contributed by atoms with Crippen LogP contribution in [0.15, 0.2) is 6.20 Å². The third-order valence-electron chi connectivity index (χ3n) is 3.13. The first-order valence-electron chi connectivity index (χ1n) is 6.77. The summed E-state index contributed by atoms with van der Waals surface area (Å²) in [6.07, 6.45) is 1.83. The van der Waals surface area contributed by atoms with Gasteiger partial charge in [-0.3, -0.25) is 14.4 Å². The fraction of sp³-hybridized carbons (Fsp3) is 0.583. The zero-order valence-electron chi connectivity index (χ0n) is 12.1. The van der Waals surface area contributed by atoms with Crippen LogP contribution in [-0.4, -0.2) is 60.5 Å². The molecule has 1 aliphatic rings. The molecular weight excluding hydrogens is 310 g/mol. The molecule has 2 rings (SSSR count). The number of hydrogen-bond donors (Lipinski definition) is 2. The van der Waals surface area contributed by atoms with Crippen molar-refractivity contribution in [3.05, 3.63) is 11.9 Å². The van der Waals surface area contributed by atoms with Gasteiger partial charge >= 0.3 is 5.97 Å². The molecule has 9 nitrogen and oxygen atoms in total. The van der Waals surface area contributed by atoms with Crippen molar-refractivity contribution in [2.75, 3.05) is 11.6 Å². The number of carboxylic acids is 1. The molecule has 0 saturated carbocycles. The smallest absolute Gasteiger partial charge is 0.325 e. The maximum atomic E-state index is 12.2. The van der Waals surface area contributed by atoms with Crippen LogP contribution >= 0.6 is 11.8 Å². The van der Waals surface area contributed by atoms with E-state index in [4.69, 9.17) is 5.11 Å². The molecule has 0 bridgehead atoms. The van der Waals surface area contributed by atoms with Crippen LogP contribution in [0.4, 0.5) is 0 Å². The Labute approximate surface area is 131 Å². The van der Waals surface area contributed by atoms with Gasteiger partial charge in [0.1, 0.15) is 18.3 Å². The Morgan fingerprint density at radius 3 is 2.95 bits per heavy atom. The lowest BCUT2D eigenvalue weighted by atomic mass is 10.2. The Kier molecular flexibility index (Phi) is 5.36. The van der Waals surface area contributed by atoms with Gasteiger partial charge in [0.05, 0.1) is 18.6 Å². The molecule has 2 heterocycles. The van der Waals surface area contributed by atoms with Crippen LogP contribution in [0.5, 0.6) is 0 Å². The molecule has 1 aliphatic heterocycles. The van der Waals surface area contributed by atoms with Gasteiger partial charge in [-0.25, -0.2) is 4.68 Å².